The van der Waals surface area contributed by atoms with Crippen LogP contribution in [-0.4, -0.2) is 109 Å². The number of anilines is 6. The molecular formula is C56H67N11O5. The van der Waals surface area contributed by atoms with Crippen molar-refractivity contribution < 1.29 is 19.5 Å². The zero-order chi connectivity index (χ0) is 50.0. The Bertz CT molecular complexity index is 3040. The molecule has 1 saturated carbocycles. The summed E-state index contributed by atoms with van der Waals surface area (Å²) in [5, 5.41) is 17.1. The number of carbonyl (C=O) groups excluding carboxylic acids is 3. The molecule has 16 nitrogen and oxygen atoms in total. The van der Waals surface area contributed by atoms with Gasteiger partial charge in [0.05, 0.1) is 23.7 Å². The summed E-state index contributed by atoms with van der Waals surface area (Å²) in [6.45, 7) is 16.2. The summed E-state index contributed by atoms with van der Waals surface area (Å²) in [5.74, 6) is 0.111. The van der Waals surface area contributed by atoms with Crippen LogP contribution in [0, 0.1) is 5.41 Å². The van der Waals surface area contributed by atoms with Crippen molar-refractivity contribution in [1.82, 2.24) is 28.9 Å². The number of rotatable bonds is 11. The number of aryl methyl sites for hydroxylation is 1. The highest BCUT2D eigenvalue weighted by molar-refractivity contribution is 6.06. The molecule has 6 aliphatic rings. The number of fused-ring (bicyclic) bond motifs is 4. The highest BCUT2D eigenvalue weighted by Crippen LogP contribution is 2.41. The number of aliphatic hydroxyl groups excluding tert-OH is 1. The second kappa shape index (κ2) is 19.0. The molecule has 1 atom stereocenters. The Balaban J connectivity index is 0.770. The van der Waals surface area contributed by atoms with Gasteiger partial charge in [-0.25, -0.2) is 9.97 Å². The number of amides is 3. The van der Waals surface area contributed by atoms with Crippen LogP contribution in [0.25, 0.3) is 11.3 Å². The van der Waals surface area contributed by atoms with Gasteiger partial charge in [0.25, 0.3) is 17.4 Å². The number of hydrogen-bond acceptors (Lipinski definition) is 11. The lowest BCUT2D eigenvalue weighted by molar-refractivity contribution is -0.111. The number of piperazine rings is 1. The second-order valence-corrected chi connectivity index (χ2v) is 21.7. The molecule has 0 radical (unpaired) electrons. The van der Waals surface area contributed by atoms with E-state index in [1.165, 1.54) is 52.4 Å². The first kappa shape index (κ1) is 47.5. The highest BCUT2D eigenvalue weighted by Gasteiger charge is 2.39. The molecule has 0 spiro atoms. The van der Waals surface area contributed by atoms with E-state index in [2.05, 4.69) is 85.3 Å². The van der Waals surface area contributed by atoms with Crippen molar-refractivity contribution in [2.75, 3.05) is 64.6 Å². The first-order chi connectivity index (χ1) is 34.8. The van der Waals surface area contributed by atoms with Crippen molar-refractivity contribution in [2.45, 2.75) is 116 Å². The van der Waals surface area contributed by atoms with Crippen molar-refractivity contribution in [3.63, 3.8) is 0 Å². The van der Waals surface area contributed by atoms with Gasteiger partial charge >= 0.3 is 0 Å². The summed E-state index contributed by atoms with van der Waals surface area (Å²) in [7, 11) is 1.65. The standard InChI is InChI=1S/C56H67N11O5/c1-6-50(69)59-45-28-38(58-51-55(72)61(5)33-46(60-51)43-16-19-57-52(44(43)34-68)66-25-24-65-48(54(66)71)27-36-29-56(3,4)30-49(36)65)12-15-47(45)64-23-22-63(31-35(64)2)39-17-20-62(21-18-39)41-13-14-42-37(26-41)32-67(53(42)70)40-10-8-7-9-11-40/h6,12-16,19,26-28,33,35,39-40,68H,1,7-11,17-18,20-25,29-32,34H2,2-5H3,(H,58,60)(H,59,69)/t35-/m0/s1. The van der Waals surface area contributed by atoms with Gasteiger partial charge in [-0.2, -0.15) is 0 Å². The Morgan fingerprint density at radius 1 is 0.861 bits per heavy atom. The third-order valence-corrected chi connectivity index (χ3v) is 16.4. The van der Waals surface area contributed by atoms with E-state index >= 15 is 0 Å². The van der Waals surface area contributed by atoms with Gasteiger partial charge in [-0.3, -0.25) is 29.0 Å². The number of carbonyl (C=O) groups is 3. The lowest BCUT2D eigenvalue weighted by atomic mass is 9.90. The quantitative estimate of drug-likeness (QED) is 0.114. The second-order valence-electron chi connectivity index (χ2n) is 21.7. The van der Waals surface area contributed by atoms with Crippen LogP contribution in [0.4, 0.5) is 34.4 Å². The van der Waals surface area contributed by atoms with Gasteiger partial charge in [0.1, 0.15) is 11.5 Å². The molecule has 11 rings (SSSR count). The first-order valence-electron chi connectivity index (χ1n) is 26.0. The molecule has 0 bridgehead atoms. The van der Waals surface area contributed by atoms with Gasteiger partial charge in [0, 0.05) is 124 Å². The summed E-state index contributed by atoms with van der Waals surface area (Å²) < 4.78 is 3.59. The SMILES string of the molecule is C=CC(=O)Nc1cc(Nc2nc(-c3ccnc(N4CCn5c(cc6c5CC(C)(C)C6)C4=O)c3CO)cn(C)c2=O)ccc1N1CCN(C2CCN(c3ccc4c(c3)CN(C3CCCCC3)C4=O)CC2)C[C@@H]1C. The number of aromatic nitrogens is 4. The molecule has 16 heteroatoms. The van der Waals surface area contributed by atoms with Crippen LogP contribution in [0.5, 0.6) is 0 Å². The number of hydrogen-bond donors (Lipinski definition) is 3. The van der Waals surface area contributed by atoms with Gasteiger partial charge < -0.3 is 39.6 Å². The Labute approximate surface area is 421 Å². The summed E-state index contributed by atoms with van der Waals surface area (Å²) >= 11 is 0. The Kier molecular flexibility index (Phi) is 12.5. The Morgan fingerprint density at radius 3 is 2.43 bits per heavy atom. The number of piperidine rings is 1. The van der Waals surface area contributed by atoms with E-state index in [1.807, 2.05) is 24.3 Å². The van der Waals surface area contributed by atoms with Gasteiger partial charge in [0.15, 0.2) is 5.82 Å². The van der Waals surface area contributed by atoms with Crippen molar-refractivity contribution in [2.24, 2.45) is 12.5 Å². The van der Waals surface area contributed by atoms with E-state index in [9.17, 15) is 24.3 Å². The van der Waals surface area contributed by atoms with Crippen LogP contribution in [0.1, 0.15) is 109 Å². The van der Waals surface area contributed by atoms with Crippen molar-refractivity contribution in [1.29, 1.82) is 0 Å². The summed E-state index contributed by atoms with van der Waals surface area (Å²) in [4.78, 5) is 74.7. The predicted molar refractivity (Wildman–Crippen MR) is 281 cm³/mol. The molecule has 2 aromatic carbocycles. The average Bonchev–Trinajstić information content (AvgIpc) is 4.01. The summed E-state index contributed by atoms with van der Waals surface area (Å²) in [6.07, 6.45) is 14.4. The number of nitrogens with one attached hydrogen (secondary N) is 2. The fourth-order valence-corrected chi connectivity index (χ4v) is 12.7. The van der Waals surface area contributed by atoms with Gasteiger partial charge in [-0.1, -0.05) is 39.7 Å². The smallest absolute Gasteiger partial charge is 0.293 e. The van der Waals surface area contributed by atoms with E-state index in [0.717, 1.165) is 89.0 Å². The van der Waals surface area contributed by atoms with Gasteiger partial charge in [-0.05, 0) is 117 Å². The van der Waals surface area contributed by atoms with Crippen molar-refractivity contribution >= 4 is 52.1 Å². The molecule has 376 valence electrons. The van der Waals surface area contributed by atoms with Crippen LogP contribution < -0.4 is 30.9 Å². The molecule has 0 unspecified atom stereocenters. The zero-order valence-electron chi connectivity index (χ0n) is 42.1. The Hall–Kier alpha value is -6.78. The van der Waals surface area contributed by atoms with E-state index in [4.69, 9.17) is 4.98 Å². The van der Waals surface area contributed by atoms with Crippen molar-refractivity contribution in [3.8, 4) is 11.3 Å². The predicted octanol–water partition coefficient (Wildman–Crippen LogP) is 7.26. The fourth-order valence-electron chi connectivity index (χ4n) is 12.7. The monoisotopic (exact) mass is 974 g/mol. The third kappa shape index (κ3) is 8.75. The van der Waals surface area contributed by atoms with Gasteiger partial charge in [-0.15, -0.1) is 0 Å². The minimum atomic E-state index is -0.402. The number of pyridine rings is 1. The lowest BCUT2D eigenvalue weighted by Gasteiger charge is -2.47. The average molecular weight is 974 g/mol. The van der Waals surface area contributed by atoms with E-state index in [0.29, 0.717) is 64.9 Å². The molecule has 5 aromatic rings. The molecule has 2 aliphatic carbocycles. The largest absolute Gasteiger partial charge is 0.392 e. The fraction of sp³-hybridized carbons (Fsp3) is 0.464. The van der Waals surface area contributed by atoms with E-state index in [-0.39, 0.29) is 40.6 Å². The molecule has 3 fully saturated rings. The van der Waals surface area contributed by atoms with Crippen LogP contribution in [0.15, 0.2) is 78.4 Å². The normalized spacial score (nSPS) is 20.4. The lowest BCUT2D eigenvalue weighted by Crippen LogP contribution is -2.57. The molecule has 3 amide bonds. The highest BCUT2D eigenvalue weighted by atomic mass is 16.3. The molecule has 3 N–H and O–H groups in total. The maximum absolute atomic E-state index is 14.1. The molecule has 3 aromatic heterocycles. The molecule has 72 heavy (non-hydrogen) atoms. The molecule has 7 heterocycles. The number of nitrogens with zero attached hydrogens (tertiary/aromatic N) is 9. The number of aliphatic hydroxyl groups is 1. The summed E-state index contributed by atoms with van der Waals surface area (Å²) in [6, 6.07) is 16.9. The summed E-state index contributed by atoms with van der Waals surface area (Å²) in [5.41, 5.74) is 9.54. The third-order valence-electron chi connectivity index (χ3n) is 16.4. The van der Waals surface area contributed by atoms with Crippen LogP contribution in [0.3, 0.4) is 0 Å². The first-order valence-corrected chi connectivity index (χ1v) is 26.0. The molecule has 4 aliphatic heterocycles. The topological polar surface area (TPSA) is 164 Å². The maximum atomic E-state index is 14.1. The molecule has 2 saturated heterocycles. The Morgan fingerprint density at radius 2 is 1.67 bits per heavy atom. The zero-order valence-corrected chi connectivity index (χ0v) is 42.1. The maximum Gasteiger partial charge on any atom is 0.293 e. The minimum absolute atomic E-state index is 0.0518. The van der Waals surface area contributed by atoms with Crippen LogP contribution >= 0.6 is 0 Å². The van der Waals surface area contributed by atoms with Gasteiger partial charge in [0.2, 0.25) is 5.91 Å². The minimum Gasteiger partial charge on any atom is -0.392 e. The molecular weight excluding hydrogens is 907 g/mol. The van der Waals surface area contributed by atoms with Crippen molar-refractivity contribution in [3.05, 3.63) is 118 Å². The number of benzene rings is 2. The van der Waals surface area contributed by atoms with Crippen LogP contribution in [0.2, 0.25) is 0 Å². The van der Waals surface area contributed by atoms with E-state index in [1.54, 1.807) is 30.4 Å². The van der Waals surface area contributed by atoms with E-state index < -0.39 is 6.61 Å². The van der Waals surface area contributed by atoms with Crippen LogP contribution in [-0.2, 0) is 44.4 Å².